The Morgan fingerprint density at radius 3 is 2.46 bits per heavy atom. The Balaban J connectivity index is 1.90. The molecule has 0 aliphatic heterocycles. The second kappa shape index (κ2) is 8.05. The second-order valence-electron chi connectivity index (χ2n) is 7.95. The predicted molar refractivity (Wildman–Crippen MR) is 111 cm³/mol. The molecule has 2 aromatic rings. The fraction of sp³-hybridized carbons (Fsp3) is 0.409. The zero-order valence-corrected chi connectivity index (χ0v) is 17.6. The molecule has 0 fully saturated rings. The van der Waals surface area contributed by atoms with Gasteiger partial charge in [-0.2, -0.15) is 0 Å². The Hall–Kier alpha value is -2.18. The molecule has 0 spiro atoms. The van der Waals surface area contributed by atoms with E-state index in [0.29, 0.717) is 11.1 Å². The molecule has 0 aromatic heterocycles. The molecule has 1 aliphatic carbocycles. The third-order valence-electron chi connectivity index (χ3n) is 5.02. The average molecular weight is 401 g/mol. The lowest BCUT2D eigenvalue weighted by Gasteiger charge is -2.18. The van der Waals surface area contributed by atoms with Crippen LogP contribution >= 0.6 is 0 Å². The summed E-state index contributed by atoms with van der Waals surface area (Å²) in [6, 6.07) is 12.8. The van der Waals surface area contributed by atoms with Gasteiger partial charge in [0.1, 0.15) is 0 Å². The number of rotatable bonds is 6. The van der Waals surface area contributed by atoms with Crippen LogP contribution in [-0.2, 0) is 16.4 Å². The van der Waals surface area contributed by atoms with Crippen LogP contribution in [0.1, 0.15) is 73.1 Å². The van der Waals surface area contributed by atoms with Gasteiger partial charge < -0.3 is 5.32 Å². The van der Waals surface area contributed by atoms with Gasteiger partial charge in [-0.25, -0.2) is 13.1 Å². The second-order valence-corrected chi connectivity index (χ2v) is 9.63. The van der Waals surface area contributed by atoms with Gasteiger partial charge in [-0.3, -0.25) is 4.79 Å². The molecule has 6 heteroatoms. The van der Waals surface area contributed by atoms with Crippen molar-refractivity contribution in [1.29, 1.82) is 0 Å². The smallest absolute Gasteiger partial charge is 0.251 e. The van der Waals surface area contributed by atoms with Gasteiger partial charge in [0.05, 0.1) is 10.9 Å². The van der Waals surface area contributed by atoms with Gasteiger partial charge in [0.2, 0.25) is 10.0 Å². The fourth-order valence-electron chi connectivity index (χ4n) is 3.71. The molecule has 0 radical (unpaired) electrons. The largest absolute Gasteiger partial charge is 0.345 e. The highest BCUT2D eigenvalue weighted by atomic mass is 32.2. The molecule has 1 atom stereocenters. The highest BCUT2D eigenvalue weighted by Crippen LogP contribution is 2.31. The van der Waals surface area contributed by atoms with E-state index in [0.717, 1.165) is 18.4 Å². The van der Waals surface area contributed by atoms with Gasteiger partial charge in [0, 0.05) is 11.6 Å². The predicted octanol–water partition coefficient (Wildman–Crippen LogP) is 3.91. The topological polar surface area (TPSA) is 75.3 Å². The normalized spacial score (nSPS) is 16.4. The molecule has 0 saturated carbocycles. The zero-order chi connectivity index (χ0) is 20.5. The van der Waals surface area contributed by atoms with Gasteiger partial charge in [-0.05, 0) is 61.4 Å². The number of amides is 1. The Kier molecular flexibility index (Phi) is 5.91. The number of hydrogen-bond donors (Lipinski definition) is 2. The van der Waals surface area contributed by atoms with Crippen molar-refractivity contribution >= 4 is 15.9 Å². The molecular formula is C22H28N2O3S. The minimum Gasteiger partial charge on any atom is -0.345 e. The van der Waals surface area contributed by atoms with Crippen molar-refractivity contribution in [2.75, 3.05) is 0 Å². The maximum Gasteiger partial charge on any atom is 0.251 e. The third kappa shape index (κ3) is 4.28. The van der Waals surface area contributed by atoms with E-state index in [9.17, 15) is 13.2 Å². The standard InChI is InChI=1S/C22H28N2O3S/c1-14(2)18-11-9-17(13-21(18)28(26,27)24-15(3)4)22(25)23-20-12-10-16-7-5-6-8-19(16)20/h5-9,11,13-15,20,24H,10,12H2,1-4H3,(H,23,25). The molecular weight excluding hydrogens is 372 g/mol. The summed E-state index contributed by atoms with van der Waals surface area (Å²) in [6.45, 7) is 7.44. The molecule has 150 valence electrons. The van der Waals surface area contributed by atoms with Crippen LogP contribution in [0.25, 0.3) is 0 Å². The van der Waals surface area contributed by atoms with E-state index in [2.05, 4.69) is 16.1 Å². The van der Waals surface area contributed by atoms with Crippen LogP contribution in [0.3, 0.4) is 0 Å². The van der Waals surface area contributed by atoms with Crippen molar-refractivity contribution < 1.29 is 13.2 Å². The van der Waals surface area contributed by atoms with E-state index in [1.807, 2.05) is 32.0 Å². The number of hydrogen-bond acceptors (Lipinski definition) is 3. The molecule has 0 saturated heterocycles. The fourth-order valence-corrected chi connectivity index (χ4v) is 5.35. The molecule has 1 unspecified atom stereocenters. The maximum absolute atomic E-state index is 12.9. The molecule has 3 rings (SSSR count). The molecule has 2 aromatic carbocycles. The lowest BCUT2D eigenvalue weighted by molar-refractivity contribution is 0.0936. The summed E-state index contributed by atoms with van der Waals surface area (Å²) in [5.74, 6) is -0.226. The summed E-state index contributed by atoms with van der Waals surface area (Å²) in [6.07, 6.45) is 1.79. The molecule has 0 bridgehead atoms. The zero-order valence-electron chi connectivity index (χ0n) is 16.8. The van der Waals surface area contributed by atoms with E-state index in [1.54, 1.807) is 26.0 Å². The number of nitrogens with one attached hydrogen (secondary N) is 2. The van der Waals surface area contributed by atoms with Crippen molar-refractivity contribution in [3.8, 4) is 0 Å². The van der Waals surface area contributed by atoms with Crippen LogP contribution in [0, 0.1) is 0 Å². The number of aryl methyl sites for hydroxylation is 1. The minimum absolute atomic E-state index is 0.0255. The monoisotopic (exact) mass is 400 g/mol. The van der Waals surface area contributed by atoms with Crippen LogP contribution in [0.2, 0.25) is 0 Å². The van der Waals surface area contributed by atoms with E-state index in [4.69, 9.17) is 0 Å². The molecule has 1 amide bonds. The Bertz CT molecular complexity index is 981. The van der Waals surface area contributed by atoms with Crippen molar-refractivity contribution in [3.05, 3.63) is 64.7 Å². The van der Waals surface area contributed by atoms with Crippen molar-refractivity contribution in [3.63, 3.8) is 0 Å². The number of benzene rings is 2. The third-order valence-corrected chi connectivity index (χ3v) is 6.73. The molecule has 0 heterocycles. The van der Waals surface area contributed by atoms with E-state index < -0.39 is 10.0 Å². The Labute approximate surface area is 167 Å². The van der Waals surface area contributed by atoms with Gasteiger partial charge in [-0.15, -0.1) is 0 Å². The number of sulfonamides is 1. The first-order valence-corrected chi connectivity index (χ1v) is 11.2. The van der Waals surface area contributed by atoms with Gasteiger partial charge in [0.25, 0.3) is 5.91 Å². The average Bonchev–Trinajstić information content (AvgIpc) is 3.03. The maximum atomic E-state index is 12.9. The summed E-state index contributed by atoms with van der Waals surface area (Å²) in [5, 5.41) is 3.07. The van der Waals surface area contributed by atoms with Crippen molar-refractivity contribution in [2.24, 2.45) is 0 Å². The summed E-state index contributed by atoms with van der Waals surface area (Å²) in [4.78, 5) is 13.0. The summed E-state index contributed by atoms with van der Waals surface area (Å²) < 4.78 is 28.2. The van der Waals surface area contributed by atoms with E-state index in [1.165, 1.54) is 11.6 Å². The van der Waals surface area contributed by atoms with Crippen LogP contribution in [0.4, 0.5) is 0 Å². The molecule has 2 N–H and O–H groups in total. The van der Waals surface area contributed by atoms with Gasteiger partial charge in [-0.1, -0.05) is 44.2 Å². The summed E-state index contributed by atoms with van der Waals surface area (Å²) in [5.41, 5.74) is 3.46. The quantitative estimate of drug-likeness (QED) is 0.772. The first-order valence-electron chi connectivity index (χ1n) is 9.74. The Morgan fingerprint density at radius 1 is 1.07 bits per heavy atom. The van der Waals surface area contributed by atoms with Gasteiger partial charge in [0.15, 0.2) is 0 Å². The van der Waals surface area contributed by atoms with Crippen LogP contribution in [-0.4, -0.2) is 20.4 Å². The van der Waals surface area contributed by atoms with Crippen LogP contribution < -0.4 is 10.0 Å². The van der Waals surface area contributed by atoms with Gasteiger partial charge >= 0.3 is 0 Å². The summed E-state index contributed by atoms with van der Waals surface area (Å²) >= 11 is 0. The highest BCUT2D eigenvalue weighted by Gasteiger charge is 2.26. The van der Waals surface area contributed by atoms with Crippen molar-refractivity contribution in [1.82, 2.24) is 10.0 Å². The minimum atomic E-state index is -3.70. The van der Waals surface area contributed by atoms with E-state index >= 15 is 0 Å². The number of carbonyl (C=O) groups excluding carboxylic acids is 1. The number of fused-ring (bicyclic) bond motifs is 1. The van der Waals surface area contributed by atoms with Crippen LogP contribution in [0.5, 0.6) is 0 Å². The number of carbonyl (C=O) groups is 1. The SMILES string of the molecule is CC(C)NS(=O)(=O)c1cc(C(=O)NC2CCc3ccccc32)ccc1C(C)C. The highest BCUT2D eigenvalue weighted by molar-refractivity contribution is 7.89. The van der Waals surface area contributed by atoms with Crippen LogP contribution in [0.15, 0.2) is 47.4 Å². The summed E-state index contributed by atoms with van der Waals surface area (Å²) in [7, 11) is -3.70. The van der Waals surface area contributed by atoms with Crippen molar-refractivity contribution in [2.45, 2.75) is 63.4 Å². The molecule has 1 aliphatic rings. The lowest BCUT2D eigenvalue weighted by atomic mass is 10.0. The lowest BCUT2D eigenvalue weighted by Crippen LogP contribution is -2.32. The molecule has 5 nitrogen and oxygen atoms in total. The van der Waals surface area contributed by atoms with E-state index in [-0.39, 0.29) is 28.8 Å². The first-order chi connectivity index (χ1) is 13.2. The Morgan fingerprint density at radius 2 is 1.79 bits per heavy atom. The molecule has 28 heavy (non-hydrogen) atoms. The first kappa shape index (κ1) is 20.6.